The van der Waals surface area contributed by atoms with Gasteiger partial charge in [-0.2, -0.15) is 0 Å². The van der Waals surface area contributed by atoms with Crippen molar-refractivity contribution in [1.29, 1.82) is 0 Å². The first-order valence-electron chi connectivity index (χ1n) is 4.88. The molecule has 1 heterocycles. The Labute approximate surface area is 78.2 Å². The topological polar surface area (TPSA) is 18.5 Å². The highest BCUT2D eigenvalue weighted by Crippen LogP contribution is 2.50. The van der Waals surface area contributed by atoms with E-state index < -0.39 is 0 Å². The van der Waals surface area contributed by atoms with Gasteiger partial charge in [0, 0.05) is 11.8 Å². The van der Waals surface area contributed by atoms with Crippen LogP contribution in [0.25, 0.3) is 0 Å². The Balaban J connectivity index is 1.86. The molecule has 0 unspecified atom stereocenters. The highest BCUT2D eigenvalue weighted by atomic mass is 16.8. The molecule has 1 saturated heterocycles. The molecule has 3 rings (SSSR count). The van der Waals surface area contributed by atoms with Crippen LogP contribution in [0.5, 0.6) is 0 Å². The third-order valence-corrected chi connectivity index (χ3v) is 3.14. The molecule has 1 saturated carbocycles. The van der Waals surface area contributed by atoms with Gasteiger partial charge in [0.05, 0.1) is 12.2 Å². The number of rotatable bonds is 0. The second kappa shape index (κ2) is 2.25. The fourth-order valence-corrected chi connectivity index (χ4v) is 2.57. The summed E-state index contributed by atoms with van der Waals surface area (Å²) < 4.78 is 11.6. The zero-order chi connectivity index (χ0) is 9.05. The van der Waals surface area contributed by atoms with Gasteiger partial charge < -0.3 is 9.47 Å². The lowest BCUT2D eigenvalue weighted by Crippen LogP contribution is -2.52. The third kappa shape index (κ3) is 0.960. The molecule has 2 fully saturated rings. The number of ether oxygens (including phenoxy) is 2. The van der Waals surface area contributed by atoms with Crippen molar-refractivity contribution in [3.8, 4) is 0 Å². The molecule has 0 aromatic carbocycles. The summed E-state index contributed by atoms with van der Waals surface area (Å²) in [5.41, 5.74) is 0. The van der Waals surface area contributed by atoms with E-state index in [4.69, 9.17) is 9.47 Å². The lowest BCUT2D eigenvalue weighted by atomic mass is 9.67. The lowest BCUT2D eigenvalue weighted by molar-refractivity contribution is -0.139. The molecule has 0 amide bonds. The molecule has 0 spiro atoms. The lowest BCUT2D eigenvalue weighted by Gasteiger charge is -2.43. The maximum Gasteiger partial charge on any atom is 0.163 e. The van der Waals surface area contributed by atoms with E-state index in [1.165, 1.54) is 0 Å². The zero-order valence-electron chi connectivity index (χ0n) is 7.94. The van der Waals surface area contributed by atoms with Gasteiger partial charge in [-0.3, -0.25) is 0 Å². The van der Waals surface area contributed by atoms with E-state index in [0.29, 0.717) is 24.0 Å². The van der Waals surface area contributed by atoms with E-state index >= 15 is 0 Å². The number of fused-ring (bicyclic) bond motifs is 4. The van der Waals surface area contributed by atoms with Crippen molar-refractivity contribution in [2.24, 2.45) is 11.8 Å². The fourth-order valence-electron chi connectivity index (χ4n) is 2.57. The molecule has 0 radical (unpaired) electrons. The van der Waals surface area contributed by atoms with Crippen molar-refractivity contribution >= 4 is 0 Å². The van der Waals surface area contributed by atoms with E-state index in [0.717, 1.165) is 0 Å². The van der Waals surface area contributed by atoms with E-state index in [9.17, 15) is 0 Å². The summed E-state index contributed by atoms with van der Waals surface area (Å²) >= 11 is 0. The van der Waals surface area contributed by atoms with Gasteiger partial charge >= 0.3 is 0 Å². The SMILES string of the molecule is CC1(C)O[C@@H]2[C@H]3C=CC=C[C@H]3[C@@H]2O1. The third-order valence-electron chi connectivity index (χ3n) is 3.14. The smallest absolute Gasteiger partial charge is 0.163 e. The summed E-state index contributed by atoms with van der Waals surface area (Å²) in [7, 11) is 0. The van der Waals surface area contributed by atoms with Gasteiger partial charge in [0.25, 0.3) is 0 Å². The van der Waals surface area contributed by atoms with Crippen LogP contribution in [0.15, 0.2) is 24.3 Å². The molecule has 2 aliphatic carbocycles. The van der Waals surface area contributed by atoms with Crippen LogP contribution < -0.4 is 0 Å². The number of allylic oxidation sites excluding steroid dienone is 2. The Morgan fingerprint density at radius 1 is 0.923 bits per heavy atom. The van der Waals surface area contributed by atoms with Crippen molar-refractivity contribution in [3.05, 3.63) is 24.3 Å². The quantitative estimate of drug-likeness (QED) is 0.564. The van der Waals surface area contributed by atoms with E-state index in [2.05, 4.69) is 24.3 Å². The summed E-state index contributed by atoms with van der Waals surface area (Å²) in [5.74, 6) is 0.725. The van der Waals surface area contributed by atoms with Crippen molar-refractivity contribution < 1.29 is 9.47 Å². The summed E-state index contributed by atoms with van der Waals surface area (Å²) in [6.07, 6.45) is 9.26. The second-order valence-corrected chi connectivity index (χ2v) is 4.49. The largest absolute Gasteiger partial charge is 0.344 e. The molecule has 0 aromatic rings. The Kier molecular flexibility index (Phi) is 1.35. The van der Waals surface area contributed by atoms with Crippen LogP contribution in [0.1, 0.15) is 13.8 Å². The summed E-state index contributed by atoms with van der Waals surface area (Å²) in [5, 5.41) is 0. The second-order valence-electron chi connectivity index (χ2n) is 4.49. The zero-order valence-corrected chi connectivity index (χ0v) is 7.94. The first kappa shape index (κ1) is 7.77. The predicted molar refractivity (Wildman–Crippen MR) is 49.1 cm³/mol. The molecule has 1 aliphatic heterocycles. The van der Waals surface area contributed by atoms with Gasteiger partial charge in [-0.1, -0.05) is 24.3 Å². The molecular formula is C11H14O2. The molecule has 2 heteroatoms. The maximum atomic E-state index is 5.81. The van der Waals surface area contributed by atoms with Gasteiger partial charge in [-0.15, -0.1) is 0 Å². The van der Waals surface area contributed by atoms with Crippen LogP contribution in [-0.4, -0.2) is 18.0 Å². The standard InChI is InChI=1S/C11H14O2/c1-11(2)12-9-7-5-3-4-6-8(7)10(9)13-11/h3-10H,1-2H3/t7-,8+,9+,10-. The Morgan fingerprint density at radius 3 is 1.85 bits per heavy atom. The molecule has 2 nitrogen and oxygen atoms in total. The monoisotopic (exact) mass is 178 g/mol. The van der Waals surface area contributed by atoms with Crippen LogP contribution in [0.2, 0.25) is 0 Å². The molecule has 0 aromatic heterocycles. The molecule has 70 valence electrons. The van der Waals surface area contributed by atoms with Gasteiger partial charge in [0.1, 0.15) is 0 Å². The van der Waals surface area contributed by atoms with Crippen molar-refractivity contribution in [3.63, 3.8) is 0 Å². The highest BCUT2D eigenvalue weighted by Gasteiger charge is 2.58. The molecule has 0 N–H and O–H groups in total. The van der Waals surface area contributed by atoms with Gasteiger partial charge in [-0.25, -0.2) is 0 Å². The van der Waals surface area contributed by atoms with Crippen LogP contribution in [0.3, 0.4) is 0 Å². The predicted octanol–water partition coefficient (Wildman–Crippen LogP) is 1.88. The van der Waals surface area contributed by atoms with Crippen LogP contribution in [0.4, 0.5) is 0 Å². The maximum absolute atomic E-state index is 5.81. The normalized spacial score (nSPS) is 49.7. The summed E-state index contributed by atoms with van der Waals surface area (Å²) in [6, 6.07) is 0. The molecule has 0 bridgehead atoms. The van der Waals surface area contributed by atoms with Crippen LogP contribution in [0, 0.1) is 11.8 Å². The average Bonchev–Trinajstić information content (AvgIpc) is 2.37. The molecule has 4 atom stereocenters. The average molecular weight is 178 g/mol. The minimum Gasteiger partial charge on any atom is -0.344 e. The van der Waals surface area contributed by atoms with Gasteiger partial charge in [0.15, 0.2) is 5.79 Å². The molecule has 13 heavy (non-hydrogen) atoms. The molecule has 3 aliphatic rings. The Hall–Kier alpha value is -0.600. The first-order valence-corrected chi connectivity index (χ1v) is 4.88. The minimum atomic E-state index is -0.381. The van der Waals surface area contributed by atoms with E-state index in [1.54, 1.807) is 0 Å². The van der Waals surface area contributed by atoms with E-state index in [1.807, 2.05) is 13.8 Å². The minimum absolute atomic E-state index is 0.293. The highest BCUT2D eigenvalue weighted by molar-refractivity contribution is 5.25. The Bertz CT molecular complexity index is 262. The number of hydrogen-bond acceptors (Lipinski definition) is 2. The van der Waals surface area contributed by atoms with Crippen LogP contribution >= 0.6 is 0 Å². The summed E-state index contributed by atoms with van der Waals surface area (Å²) in [4.78, 5) is 0. The van der Waals surface area contributed by atoms with Crippen LogP contribution in [-0.2, 0) is 9.47 Å². The molecular weight excluding hydrogens is 164 g/mol. The first-order chi connectivity index (χ1) is 6.17. The number of hydrogen-bond donors (Lipinski definition) is 0. The van der Waals surface area contributed by atoms with Crippen molar-refractivity contribution in [2.45, 2.75) is 31.8 Å². The summed E-state index contributed by atoms with van der Waals surface area (Å²) in [6.45, 7) is 3.98. The van der Waals surface area contributed by atoms with Gasteiger partial charge in [0.2, 0.25) is 0 Å². The Morgan fingerprint density at radius 2 is 1.38 bits per heavy atom. The van der Waals surface area contributed by atoms with Gasteiger partial charge in [-0.05, 0) is 13.8 Å². The van der Waals surface area contributed by atoms with E-state index in [-0.39, 0.29) is 5.79 Å². The fraction of sp³-hybridized carbons (Fsp3) is 0.636. The van der Waals surface area contributed by atoms with Crippen molar-refractivity contribution in [1.82, 2.24) is 0 Å². The van der Waals surface area contributed by atoms with Crippen molar-refractivity contribution in [2.75, 3.05) is 0 Å².